The Labute approximate surface area is 88.4 Å². The van der Waals surface area contributed by atoms with E-state index in [4.69, 9.17) is 0 Å². The second kappa shape index (κ2) is 3.78. The van der Waals surface area contributed by atoms with E-state index in [9.17, 15) is 8.42 Å². The summed E-state index contributed by atoms with van der Waals surface area (Å²) in [6.45, 7) is 0. The Morgan fingerprint density at radius 3 is 2.13 bits per heavy atom. The summed E-state index contributed by atoms with van der Waals surface area (Å²) in [6.07, 6.45) is 2.95. The van der Waals surface area contributed by atoms with Crippen molar-refractivity contribution >= 4 is 15.9 Å². The van der Waals surface area contributed by atoms with E-state index < -0.39 is 10.2 Å². The topological polar surface area (TPSA) is 51.1 Å². The van der Waals surface area contributed by atoms with Crippen LogP contribution in [0, 0.1) is 0 Å². The molecule has 78 valence electrons. The molecule has 0 unspecified atom stereocenters. The number of rotatable bonds is 3. The van der Waals surface area contributed by atoms with Crippen LogP contribution in [0.25, 0.3) is 0 Å². The molecule has 0 saturated carbocycles. The van der Waals surface area contributed by atoms with Gasteiger partial charge in [-0.2, -0.15) is 8.42 Å². The predicted octanol–water partition coefficient (Wildman–Crippen LogP) is 1.69. The van der Waals surface area contributed by atoms with Crippen molar-refractivity contribution in [2.24, 2.45) is 0 Å². The molecule has 1 N–H and O–H groups in total. The summed E-state index contributed by atoms with van der Waals surface area (Å²) < 4.78 is 27.0. The molecule has 0 aliphatic heterocycles. The number of hydrogen-bond donors (Lipinski definition) is 1. The number of aromatic nitrogens is 1. The van der Waals surface area contributed by atoms with Gasteiger partial charge < -0.3 is 0 Å². The van der Waals surface area contributed by atoms with Gasteiger partial charge in [-0.3, -0.25) is 4.72 Å². The van der Waals surface area contributed by atoms with Gasteiger partial charge in [0.05, 0.1) is 5.69 Å². The molecule has 1 heterocycles. The van der Waals surface area contributed by atoms with Gasteiger partial charge in [-0.1, -0.05) is 18.2 Å². The molecular formula is C10H10N2O2S. The third-order valence-electron chi connectivity index (χ3n) is 1.88. The van der Waals surface area contributed by atoms with Gasteiger partial charge in [-0.15, -0.1) is 0 Å². The van der Waals surface area contributed by atoms with Crippen molar-refractivity contribution in [3.63, 3.8) is 0 Å². The largest absolute Gasteiger partial charge is 0.327 e. The van der Waals surface area contributed by atoms with E-state index in [-0.39, 0.29) is 0 Å². The summed E-state index contributed by atoms with van der Waals surface area (Å²) in [5, 5.41) is 0. The Hall–Kier alpha value is -1.75. The Morgan fingerprint density at radius 2 is 1.53 bits per heavy atom. The van der Waals surface area contributed by atoms with Crippen molar-refractivity contribution in [3.8, 4) is 0 Å². The number of para-hydroxylation sites is 1. The Morgan fingerprint density at radius 1 is 0.933 bits per heavy atom. The second-order valence-corrected chi connectivity index (χ2v) is 4.56. The highest BCUT2D eigenvalue weighted by atomic mass is 32.2. The zero-order valence-electron chi connectivity index (χ0n) is 7.87. The van der Waals surface area contributed by atoms with Gasteiger partial charge in [-0.25, -0.2) is 3.97 Å². The lowest BCUT2D eigenvalue weighted by Crippen LogP contribution is -2.19. The molecular weight excluding hydrogens is 212 g/mol. The fourth-order valence-electron chi connectivity index (χ4n) is 1.19. The number of benzene rings is 1. The van der Waals surface area contributed by atoms with Crippen molar-refractivity contribution in [2.45, 2.75) is 0 Å². The predicted molar refractivity (Wildman–Crippen MR) is 58.8 cm³/mol. The van der Waals surface area contributed by atoms with Gasteiger partial charge in [0.25, 0.3) is 0 Å². The van der Waals surface area contributed by atoms with Crippen molar-refractivity contribution in [1.82, 2.24) is 3.97 Å². The fourth-order valence-corrected chi connectivity index (χ4v) is 2.19. The van der Waals surface area contributed by atoms with Crippen molar-refractivity contribution < 1.29 is 8.42 Å². The van der Waals surface area contributed by atoms with Crippen molar-refractivity contribution in [3.05, 3.63) is 54.9 Å². The standard InChI is InChI=1S/C10H10N2O2S/c13-15(14,12-8-4-5-9-12)11-10-6-2-1-3-7-10/h1-9,11H. The highest BCUT2D eigenvalue weighted by Gasteiger charge is 2.10. The summed E-state index contributed by atoms with van der Waals surface area (Å²) in [4.78, 5) is 0. The monoisotopic (exact) mass is 222 g/mol. The maximum absolute atomic E-state index is 11.7. The molecule has 15 heavy (non-hydrogen) atoms. The van der Waals surface area contributed by atoms with Crippen LogP contribution in [-0.2, 0) is 10.2 Å². The molecule has 0 fully saturated rings. The molecule has 0 aliphatic carbocycles. The quantitative estimate of drug-likeness (QED) is 0.859. The van der Waals surface area contributed by atoms with E-state index in [1.54, 1.807) is 36.4 Å². The van der Waals surface area contributed by atoms with Gasteiger partial charge in [0.1, 0.15) is 0 Å². The van der Waals surface area contributed by atoms with Gasteiger partial charge in [-0.05, 0) is 24.3 Å². The van der Waals surface area contributed by atoms with E-state index in [0.29, 0.717) is 5.69 Å². The molecule has 0 aliphatic rings. The van der Waals surface area contributed by atoms with Crippen LogP contribution in [0.5, 0.6) is 0 Å². The SMILES string of the molecule is O=S(=O)(Nc1ccccc1)n1cccc1. The maximum Gasteiger partial charge on any atom is 0.327 e. The molecule has 2 aromatic rings. The highest BCUT2D eigenvalue weighted by Crippen LogP contribution is 2.09. The number of nitrogens with one attached hydrogen (secondary N) is 1. The lowest BCUT2D eigenvalue weighted by atomic mass is 10.3. The van der Waals surface area contributed by atoms with Crippen LogP contribution in [0.3, 0.4) is 0 Å². The van der Waals surface area contributed by atoms with Crippen LogP contribution in [-0.4, -0.2) is 12.4 Å². The molecule has 0 bridgehead atoms. The first-order valence-electron chi connectivity index (χ1n) is 4.40. The molecule has 1 aromatic heterocycles. The summed E-state index contributed by atoms with van der Waals surface area (Å²) in [7, 11) is -3.50. The number of nitrogens with zero attached hydrogens (tertiary/aromatic N) is 1. The van der Waals surface area contributed by atoms with Gasteiger partial charge in [0, 0.05) is 12.4 Å². The molecule has 0 atom stereocenters. The zero-order valence-corrected chi connectivity index (χ0v) is 8.68. The van der Waals surface area contributed by atoms with Crippen molar-refractivity contribution in [1.29, 1.82) is 0 Å². The average molecular weight is 222 g/mol. The Kier molecular flexibility index (Phi) is 2.47. The smallest absolute Gasteiger partial charge is 0.266 e. The maximum atomic E-state index is 11.7. The number of hydrogen-bond acceptors (Lipinski definition) is 2. The second-order valence-electron chi connectivity index (χ2n) is 2.99. The van der Waals surface area contributed by atoms with Crippen LogP contribution in [0.1, 0.15) is 0 Å². The fraction of sp³-hybridized carbons (Fsp3) is 0. The van der Waals surface area contributed by atoms with Crippen LogP contribution in [0.4, 0.5) is 5.69 Å². The van der Waals surface area contributed by atoms with Crippen LogP contribution in [0.2, 0.25) is 0 Å². The molecule has 0 saturated heterocycles. The Bertz CT molecular complexity index is 518. The summed E-state index contributed by atoms with van der Waals surface area (Å²) in [5.74, 6) is 0. The van der Waals surface area contributed by atoms with Crippen LogP contribution < -0.4 is 4.72 Å². The minimum Gasteiger partial charge on any atom is -0.266 e. The third-order valence-corrected chi connectivity index (χ3v) is 3.17. The average Bonchev–Trinajstić information content (AvgIpc) is 2.71. The third kappa shape index (κ3) is 2.19. The molecule has 4 nitrogen and oxygen atoms in total. The van der Waals surface area contributed by atoms with E-state index in [1.165, 1.54) is 12.4 Å². The summed E-state index contributed by atoms with van der Waals surface area (Å²) >= 11 is 0. The van der Waals surface area contributed by atoms with Gasteiger partial charge in [0.2, 0.25) is 0 Å². The molecule has 5 heteroatoms. The van der Waals surface area contributed by atoms with E-state index in [2.05, 4.69) is 4.72 Å². The van der Waals surface area contributed by atoms with Crippen LogP contribution in [0.15, 0.2) is 54.9 Å². The minimum absolute atomic E-state index is 0.547. The first-order chi connectivity index (χ1) is 7.18. The highest BCUT2D eigenvalue weighted by molar-refractivity contribution is 7.91. The molecule has 0 radical (unpaired) electrons. The first kappa shape index (κ1) is 9.79. The lowest BCUT2D eigenvalue weighted by Gasteiger charge is -2.07. The lowest BCUT2D eigenvalue weighted by molar-refractivity contribution is 0.593. The van der Waals surface area contributed by atoms with E-state index >= 15 is 0 Å². The molecule has 0 spiro atoms. The van der Waals surface area contributed by atoms with E-state index in [1.807, 2.05) is 6.07 Å². The Balaban J connectivity index is 2.27. The zero-order chi connectivity index (χ0) is 10.7. The molecule has 2 rings (SSSR count). The summed E-state index contributed by atoms with van der Waals surface area (Å²) in [5.41, 5.74) is 0.547. The first-order valence-corrected chi connectivity index (χ1v) is 5.84. The minimum atomic E-state index is -3.50. The molecule has 1 aromatic carbocycles. The van der Waals surface area contributed by atoms with Crippen LogP contribution >= 0.6 is 0 Å². The number of anilines is 1. The van der Waals surface area contributed by atoms with Gasteiger partial charge >= 0.3 is 10.2 Å². The summed E-state index contributed by atoms with van der Waals surface area (Å²) in [6, 6.07) is 12.1. The molecule has 0 amide bonds. The van der Waals surface area contributed by atoms with Crippen molar-refractivity contribution in [2.75, 3.05) is 4.72 Å². The normalized spacial score (nSPS) is 11.2. The van der Waals surface area contributed by atoms with E-state index in [0.717, 1.165) is 3.97 Å². The van der Waals surface area contributed by atoms with Gasteiger partial charge in [0.15, 0.2) is 0 Å².